The zero-order chi connectivity index (χ0) is 21.1. The Labute approximate surface area is 169 Å². The second kappa shape index (κ2) is 8.19. The van der Waals surface area contributed by atoms with E-state index in [4.69, 9.17) is 5.53 Å². The van der Waals surface area contributed by atoms with E-state index >= 15 is 0 Å². The van der Waals surface area contributed by atoms with Gasteiger partial charge in [-0.1, -0.05) is 29.8 Å². The van der Waals surface area contributed by atoms with Crippen molar-refractivity contribution in [3.63, 3.8) is 0 Å². The summed E-state index contributed by atoms with van der Waals surface area (Å²) in [6.07, 6.45) is 0. The zero-order valence-electron chi connectivity index (χ0n) is 16.0. The van der Waals surface area contributed by atoms with Crippen LogP contribution in [0, 0.1) is 12.5 Å². The van der Waals surface area contributed by atoms with Crippen molar-refractivity contribution in [2.75, 3.05) is 17.2 Å². The second-order valence-corrected chi connectivity index (χ2v) is 7.18. The van der Waals surface area contributed by atoms with Gasteiger partial charge in [0.05, 0.1) is 12.2 Å². The van der Waals surface area contributed by atoms with E-state index in [-0.39, 0.29) is 18.1 Å². The molecule has 3 N–H and O–H groups in total. The first-order chi connectivity index (χ1) is 13.8. The molecule has 150 valence electrons. The molecule has 0 aliphatic heterocycles. The number of aryl methyl sites for hydroxylation is 1. The number of carbonyl (C=O) groups excluding carboxylic acids is 1. The lowest BCUT2D eigenvalue weighted by atomic mass is 10.1. The lowest BCUT2D eigenvalue weighted by Gasteiger charge is -2.12. The number of carbonyl (C=O) groups is 1. The molecule has 1 aromatic carbocycles. The molecule has 0 atom stereocenters. The zero-order valence-corrected chi connectivity index (χ0v) is 16.8. The maximum absolute atomic E-state index is 12.3. The lowest BCUT2D eigenvalue weighted by Crippen LogP contribution is -2.39. The van der Waals surface area contributed by atoms with E-state index in [1.165, 1.54) is 25.4 Å². The van der Waals surface area contributed by atoms with Crippen LogP contribution in [0.15, 0.2) is 44.3 Å². The normalized spacial score (nSPS) is 10.6. The summed E-state index contributed by atoms with van der Waals surface area (Å²) in [6, 6.07) is 7.89. The third kappa shape index (κ3) is 4.14. The maximum Gasteiger partial charge on any atom is 0.332 e. The van der Waals surface area contributed by atoms with Crippen LogP contribution in [-0.2, 0) is 18.9 Å². The first-order valence-corrected chi connectivity index (χ1v) is 9.43. The van der Waals surface area contributed by atoms with Crippen molar-refractivity contribution >= 4 is 33.9 Å². The largest absolute Gasteiger partial charge is 0.369 e. The number of anilines is 2. The van der Waals surface area contributed by atoms with E-state index in [0.717, 1.165) is 26.0 Å². The fourth-order valence-corrected chi connectivity index (χ4v) is 3.38. The molecule has 0 aliphatic rings. The molecule has 1 amide bonds. The van der Waals surface area contributed by atoms with Gasteiger partial charge in [0, 0.05) is 25.0 Å². The van der Waals surface area contributed by atoms with Crippen molar-refractivity contribution in [3.05, 3.63) is 56.0 Å². The molecular formula is C18H19N7O3S. The monoisotopic (exact) mass is 413 g/mol. The highest BCUT2D eigenvalue weighted by molar-refractivity contribution is 7.14. The van der Waals surface area contributed by atoms with Gasteiger partial charge in [-0.15, -0.1) is 16.5 Å². The van der Waals surface area contributed by atoms with Crippen LogP contribution in [-0.4, -0.2) is 26.6 Å². The van der Waals surface area contributed by atoms with Crippen LogP contribution in [0.2, 0.25) is 0 Å². The van der Waals surface area contributed by atoms with E-state index in [9.17, 15) is 14.4 Å². The van der Waals surface area contributed by atoms with Crippen molar-refractivity contribution in [3.8, 4) is 11.3 Å². The Morgan fingerprint density at radius 2 is 1.90 bits per heavy atom. The minimum atomic E-state index is -0.664. The van der Waals surface area contributed by atoms with Gasteiger partial charge in [0.15, 0.2) is 10.9 Å². The Balaban J connectivity index is 1.72. The lowest BCUT2D eigenvalue weighted by molar-refractivity contribution is -0.114. The Morgan fingerprint density at radius 1 is 1.21 bits per heavy atom. The van der Waals surface area contributed by atoms with Gasteiger partial charge in [-0.3, -0.25) is 18.7 Å². The van der Waals surface area contributed by atoms with Crippen molar-refractivity contribution < 1.29 is 4.79 Å². The highest BCUT2D eigenvalue weighted by atomic mass is 32.1. The molecule has 0 radical (unpaired) electrons. The average molecular weight is 413 g/mol. The fourth-order valence-electron chi connectivity index (χ4n) is 2.64. The van der Waals surface area contributed by atoms with Gasteiger partial charge in [0.1, 0.15) is 5.69 Å². The summed E-state index contributed by atoms with van der Waals surface area (Å²) >= 11 is 1.29. The number of aromatic nitrogens is 3. The van der Waals surface area contributed by atoms with Crippen LogP contribution in [0.3, 0.4) is 0 Å². The van der Waals surface area contributed by atoms with Gasteiger partial charge >= 0.3 is 5.69 Å². The summed E-state index contributed by atoms with van der Waals surface area (Å²) in [6.45, 7) is 1.75. The van der Waals surface area contributed by atoms with Gasteiger partial charge in [-0.2, -0.15) is 0 Å². The summed E-state index contributed by atoms with van der Waals surface area (Å²) in [5.41, 5.74) is 8.69. The van der Waals surface area contributed by atoms with Crippen molar-refractivity contribution in [2.24, 2.45) is 19.2 Å². The third-order valence-electron chi connectivity index (χ3n) is 4.26. The number of hydrogen-bond donors (Lipinski definition) is 3. The smallest absolute Gasteiger partial charge is 0.332 e. The number of benzene rings is 1. The SMILES string of the molecule is Cc1ccc(-c2csc(NC(=O)CNc3c(N=N)n(C)c(=O)n(C)c3=O)n2)cc1. The summed E-state index contributed by atoms with van der Waals surface area (Å²) in [5.74, 6) is -0.580. The molecule has 0 fully saturated rings. The average Bonchev–Trinajstić information content (AvgIpc) is 3.17. The van der Waals surface area contributed by atoms with E-state index in [1.807, 2.05) is 36.6 Å². The molecule has 2 aromatic heterocycles. The van der Waals surface area contributed by atoms with Gasteiger partial charge in [-0.05, 0) is 6.92 Å². The Morgan fingerprint density at radius 3 is 2.55 bits per heavy atom. The molecule has 0 aliphatic carbocycles. The number of nitrogens with zero attached hydrogens (tertiary/aromatic N) is 4. The van der Waals surface area contributed by atoms with Crippen molar-refractivity contribution in [1.29, 1.82) is 5.53 Å². The van der Waals surface area contributed by atoms with E-state index < -0.39 is 17.2 Å². The molecular weight excluding hydrogens is 394 g/mol. The number of rotatable bonds is 6. The van der Waals surface area contributed by atoms with Crippen LogP contribution >= 0.6 is 11.3 Å². The molecule has 0 spiro atoms. The summed E-state index contributed by atoms with van der Waals surface area (Å²) in [7, 11) is 2.70. The predicted molar refractivity (Wildman–Crippen MR) is 111 cm³/mol. The van der Waals surface area contributed by atoms with Crippen molar-refractivity contribution in [2.45, 2.75) is 6.92 Å². The molecule has 2 heterocycles. The Kier molecular flexibility index (Phi) is 5.69. The summed E-state index contributed by atoms with van der Waals surface area (Å²) in [4.78, 5) is 40.8. The van der Waals surface area contributed by atoms with Crippen LogP contribution in [0.4, 0.5) is 16.6 Å². The predicted octanol–water partition coefficient (Wildman–Crippen LogP) is 2.23. The molecule has 0 bridgehead atoms. The van der Waals surface area contributed by atoms with Crippen LogP contribution in [0.5, 0.6) is 0 Å². The van der Waals surface area contributed by atoms with E-state index in [1.54, 1.807) is 0 Å². The highest BCUT2D eigenvalue weighted by Crippen LogP contribution is 2.25. The number of nitrogens with one attached hydrogen (secondary N) is 3. The minimum absolute atomic E-state index is 0.0979. The van der Waals surface area contributed by atoms with Gasteiger partial charge in [0.25, 0.3) is 5.56 Å². The Hall–Kier alpha value is -3.60. The van der Waals surface area contributed by atoms with Gasteiger partial charge in [0.2, 0.25) is 5.91 Å². The number of hydrogen-bond acceptors (Lipinski definition) is 8. The number of thiazole rings is 1. The topological polar surface area (TPSA) is 134 Å². The molecule has 10 nitrogen and oxygen atoms in total. The van der Waals surface area contributed by atoms with E-state index in [2.05, 4.69) is 20.7 Å². The van der Waals surface area contributed by atoms with Gasteiger partial charge in [-0.25, -0.2) is 15.3 Å². The van der Waals surface area contributed by atoms with Crippen LogP contribution in [0.25, 0.3) is 11.3 Å². The molecule has 0 saturated heterocycles. The quantitative estimate of drug-likeness (QED) is 0.533. The first kappa shape index (κ1) is 20.1. The number of amides is 1. The van der Waals surface area contributed by atoms with Crippen molar-refractivity contribution in [1.82, 2.24) is 14.1 Å². The second-order valence-electron chi connectivity index (χ2n) is 6.32. The third-order valence-corrected chi connectivity index (χ3v) is 5.02. The summed E-state index contributed by atoms with van der Waals surface area (Å²) < 4.78 is 1.94. The van der Waals surface area contributed by atoms with Crippen LogP contribution in [0.1, 0.15) is 5.56 Å². The molecule has 0 saturated carbocycles. The van der Waals surface area contributed by atoms with E-state index in [0.29, 0.717) is 5.13 Å². The molecule has 11 heteroatoms. The van der Waals surface area contributed by atoms with Crippen LogP contribution < -0.4 is 21.9 Å². The minimum Gasteiger partial charge on any atom is -0.369 e. The van der Waals surface area contributed by atoms with Gasteiger partial charge < -0.3 is 10.6 Å². The maximum atomic E-state index is 12.3. The molecule has 3 rings (SSSR count). The highest BCUT2D eigenvalue weighted by Gasteiger charge is 2.16. The Bertz CT molecular complexity index is 1190. The first-order valence-electron chi connectivity index (χ1n) is 8.55. The molecule has 29 heavy (non-hydrogen) atoms. The summed E-state index contributed by atoms with van der Waals surface area (Å²) in [5, 5.41) is 10.8. The molecule has 0 unspecified atom stereocenters. The fraction of sp³-hybridized carbons (Fsp3) is 0.222. The standard InChI is InChI=1S/C18H19N7O3S/c1-10-4-6-11(7-5-10)12-9-29-17(21-12)22-13(26)8-20-14-15(23-19)24(2)18(28)25(3)16(14)27/h4-7,9,19-20H,8H2,1-3H3,(H,21,22,26). The molecule has 3 aromatic rings.